The van der Waals surface area contributed by atoms with Crippen LogP contribution in [0.1, 0.15) is 38.3 Å². The van der Waals surface area contributed by atoms with E-state index in [9.17, 15) is 0 Å². The largest absolute Gasteiger partial charge is 0.496 e. The molecule has 1 aromatic rings. The van der Waals surface area contributed by atoms with Crippen molar-refractivity contribution in [3.05, 3.63) is 28.2 Å². The number of hydrogen-bond acceptors (Lipinski definition) is 3. The number of methoxy groups -OCH3 is 2. The van der Waals surface area contributed by atoms with Crippen LogP contribution in [0.5, 0.6) is 5.75 Å². The lowest BCUT2D eigenvalue weighted by molar-refractivity contribution is 0.157. The van der Waals surface area contributed by atoms with Crippen LogP contribution < -0.4 is 10.1 Å². The minimum absolute atomic E-state index is 0.286. The van der Waals surface area contributed by atoms with Crippen molar-refractivity contribution in [1.29, 1.82) is 0 Å². The molecule has 0 saturated heterocycles. The lowest BCUT2D eigenvalue weighted by Crippen LogP contribution is -2.35. The summed E-state index contributed by atoms with van der Waals surface area (Å²) in [6.07, 6.45) is 2.27. The van der Waals surface area contributed by atoms with Gasteiger partial charge in [-0.05, 0) is 47.0 Å². The lowest BCUT2D eigenvalue weighted by atomic mass is 10.1. The summed E-state index contributed by atoms with van der Waals surface area (Å²) in [6.45, 7) is 5.11. The fraction of sp³-hybridized carbons (Fsp3) is 0.600. The van der Waals surface area contributed by atoms with Gasteiger partial charge in [0.15, 0.2) is 0 Å². The quantitative estimate of drug-likeness (QED) is 0.784. The van der Waals surface area contributed by atoms with Crippen LogP contribution >= 0.6 is 15.9 Å². The summed E-state index contributed by atoms with van der Waals surface area (Å²) >= 11 is 3.53. The zero-order valence-electron chi connectivity index (χ0n) is 12.2. The second-order valence-electron chi connectivity index (χ2n) is 4.72. The van der Waals surface area contributed by atoms with Gasteiger partial charge in [0.1, 0.15) is 5.75 Å². The van der Waals surface area contributed by atoms with Crippen molar-refractivity contribution < 1.29 is 9.47 Å². The summed E-state index contributed by atoms with van der Waals surface area (Å²) in [4.78, 5) is 0. The zero-order chi connectivity index (χ0) is 14.3. The third kappa shape index (κ3) is 5.13. The zero-order valence-corrected chi connectivity index (χ0v) is 13.8. The molecule has 0 aromatic heterocycles. The van der Waals surface area contributed by atoms with E-state index in [1.165, 1.54) is 5.56 Å². The molecule has 0 bridgehead atoms. The fourth-order valence-corrected chi connectivity index (χ4v) is 2.72. The monoisotopic (exact) mass is 329 g/mol. The molecule has 0 radical (unpaired) electrons. The Balaban J connectivity index is 2.70. The molecule has 0 amide bonds. The van der Waals surface area contributed by atoms with Crippen LogP contribution in [0.4, 0.5) is 0 Å². The van der Waals surface area contributed by atoms with Crippen molar-refractivity contribution in [2.45, 2.75) is 38.8 Å². The predicted molar refractivity (Wildman–Crippen MR) is 82.8 cm³/mol. The van der Waals surface area contributed by atoms with E-state index in [0.717, 1.165) is 29.7 Å². The molecule has 2 atom stereocenters. The molecule has 108 valence electrons. The number of rotatable bonds is 8. The second kappa shape index (κ2) is 8.56. The third-order valence-electron chi connectivity index (χ3n) is 3.17. The molecule has 0 aliphatic heterocycles. The van der Waals surface area contributed by atoms with Crippen LogP contribution in [0.25, 0.3) is 0 Å². The van der Waals surface area contributed by atoms with Gasteiger partial charge in [-0.1, -0.05) is 19.4 Å². The van der Waals surface area contributed by atoms with E-state index in [0.29, 0.717) is 6.04 Å². The fourth-order valence-electron chi connectivity index (χ4n) is 2.17. The van der Waals surface area contributed by atoms with Crippen molar-refractivity contribution in [3.8, 4) is 5.75 Å². The molecule has 4 heteroatoms. The molecule has 1 N–H and O–H groups in total. The van der Waals surface area contributed by atoms with Gasteiger partial charge >= 0.3 is 0 Å². The Morgan fingerprint density at radius 2 is 2.05 bits per heavy atom. The van der Waals surface area contributed by atoms with E-state index in [1.54, 1.807) is 14.2 Å². The number of hydrogen-bond donors (Lipinski definition) is 1. The highest BCUT2D eigenvalue weighted by atomic mass is 79.9. The van der Waals surface area contributed by atoms with Gasteiger partial charge in [-0.3, -0.25) is 0 Å². The molecule has 0 aliphatic rings. The average molecular weight is 330 g/mol. The van der Waals surface area contributed by atoms with E-state index >= 15 is 0 Å². The van der Waals surface area contributed by atoms with Gasteiger partial charge in [0.25, 0.3) is 0 Å². The van der Waals surface area contributed by atoms with E-state index < -0.39 is 0 Å². The van der Waals surface area contributed by atoms with Gasteiger partial charge < -0.3 is 14.8 Å². The molecule has 3 nitrogen and oxygen atoms in total. The number of halogens is 1. The van der Waals surface area contributed by atoms with E-state index in [-0.39, 0.29) is 6.04 Å². The number of benzene rings is 1. The van der Waals surface area contributed by atoms with Crippen molar-refractivity contribution in [3.63, 3.8) is 0 Å². The van der Waals surface area contributed by atoms with E-state index in [1.807, 2.05) is 6.07 Å². The van der Waals surface area contributed by atoms with Gasteiger partial charge in [-0.15, -0.1) is 0 Å². The maximum atomic E-state index is 5.26. The summed E-state index contributed by atoms with van der Waals surface area (Å²) in [7, 11) is 3.43. The van der Waals surface area contributed by atoms with Crippen LogP contribution in [0.3, 0.4) is 0 Å². The molecule has 19 heavy (non-hydrogen) atoms. The Hall–Kier alpha value is -0.580. The van der Waals surface area contributed by atoms with E-state index in [4.69, 9.17) is 9.47 Å². The molecular weight excluding hydrogens is 306 g/mol. The molecule has 0 spiro atoms. The normalized spacial score (nSPS) is 14.2. The smallest absolute Gasteiger partial charge is 0.133 e. The molecule has 0 saturated carbocycles. The van der Waals surface area contributed by atoms with Gasteiger partial charge in [0.2, 0.25) is 0 Å². The highest BCUT2D eigenvalue weighted by Gasteiger charge is 2.13. The first kappa shape index (κ1) is 16.5. The van der Waals surface area contributed by atoms with Crippen molar-refractivity contribution in [1.82, 2.24) is 5.32 Å². The molecule has 1 aromatic carbocycles. The highest BCUT2D eigenvalue weighted by molar-refractivity contribution is 9.10. The Kier molecular flexibility index (Phi) is 7.42. The van der Waals surface area contributed by atoms with Gasteiger partial charge in [-0.2, -0.15) is 0 Å². The summed E-state index contributed by atoms with van der Waals surface area (Å²) in [5.74, 6) is 0.859. The van der Waals surface area contributed by atoms with Crippen molar-refractivity contribution in [2.75, 3.05) is 20.8 Å². The number of nitrogens with one attached hydrogen (secondary N) is 1. The molecular formula is C15H24BrNO2. The third-order valence-corrected chi connectivity index (χ3v) is 3.79. The topological polar surface area (TPSA) is 30.5 Å². The van der Waals surface area contributed by atoms with Crippen LogP contribution in [0.2, 0.25) is 0 Å². The molecule has 2 unspecified atom stereocenters. The Labute approximate surface area is 124 Å². The highest BCUT2D eigenvalue weighted by Crippen LogP contribution is 2.28. The lowest BCUT2D eigenvalue weighted by Gasteiger charge is -2.23. The maximum Gasteiger partial charge on any atom is 0.133 e. The SMILES string of the molecule is CCCC(COC)NC(C)c1ccc(OC)c(Br)c1. The first-order chi connectivity index (χ1) is 9.12. The van der Waals surface area contributed by atoms with Crippen LogP contribution in [-0.4, -0.2) is 26.9 Å². The molecule has 0 heterocycles. The summed E-state index contributed by atoms with van der Waals surface area (Å²) in [6, 6.07) is 6.87. The molecule has 0 fully saturated rings. The summed E-state index contributed by atoms with van der Waals surface area (Å²) < 4.78 is 11.5. The van der Waals surface area contributed by atoms with Crippen LogP contribution in [0, 0.1) is 0 Å². The minimum Gasteiger partial charge on any atom is -0.496 e. The van der Waals surface area contributed by atoms with Gasteiger partial charge in [0, 0.05) is 19.2 Å². The summed E-state index contributed by atoms with van der Waals surface area (Å²) in [5, 5.41) is 3.61. The van der Waals surface area contributed by atoms with Gasteiger partial charge in [0.05, 0.1) is 18.2 Å². The number of ether oxygens (including phenoxy) is 2. The standard InChI is InChI=1S/C15H24BrNO2/c1-5-6-13(10-18-3)17-11(2)12-7-8-15(19-4)14(16)9-12/h7-9,11,13,17H,5-6,10H2,1-4H3. The maximum absolute atomic E-state index is 5.26. The Morgan fingerprint density at radius 3 is 2.58 bits per heavy atom. The van der Waals surface area contributed by atoms with Crippen molar-refractivity contribution in [2.24, 2.45) is 0 Å². The van der Waals surface area contributed by atoms with Crippen LogP contribution in [0.15, 0.2) is 22.7 Å². The predicted octanol–water partition coefficient (Wildman–Crippen LogP) is 3.92. The Bertz CT molecular complexity index is 378. The molecule has 1 rings (SSSR count). The Morgan fingerprint density at radius 1 is 1.32 bits per heavy atom. The summed E-state index contributed by atoms with van der Waals surface area (Å²) in [5.41, 5.74) is 1.24. The van der Waals surface area contributed by atoms with Gasteiger partial charge in [-0.25, -0.2) is 0 Å². The first-order valence-electron chi connectivity index (χ1n) is 6.70. The van der Waals surface area contributed by atoms with Crippen LogP contribution in [-0.2, 0) is 4.74 Å². The van der Waals surface area contributed by atoms with Crippen molar-refractivity contribution >= 4 is 15.9 Å². The second-order valence-corrected chi connectivity index (χ2v) is 5.58. The first-order valence-corrected chi connectivity index (χ1v) is 7.50. The van der Waals surface area contributed by atoms with E-state index in [2.05, 4.69) is 47.2 Å². The molecule has 0 aliphatic carbocycles. The average Bonchev–Trinajstić information content (AvgIpc) is 2.39. The minimum atomic E-state index is 0.286.